The van der Waals surface area contributed by atoms with Crippen LogP contribution in [-0.4, -0.2) is 56.9 Å². The van der Waals surface area contributed by atoms with Gasteiger partial charge in [-0.3, -0.25) is 14.5 Å². The van der Waals surface area contributed by atoms with Crippen LogP contribution in [0.5, 0.6) is 0 Å². The van der Waals surface area contributed by atoms with Gasteiger partial charge in [-0.05, 0) is 24.3 Å². The highest BCUT2D eigenvalue weighted by Crippen LogP contribution is 2.25. The first-order chi connectivity index (χ1) is 11.5. The van der Waals surface area contributed by atoms with E-state index in [4.69, 9.17) is 9.47 Å². The smallest absolute Gasteiger partial charge is 0.414 e. The molecule has 0 aliphatic carbocycles. The van der Waals surface area contributed by atoms with Gasteiger partial charge in [0, 0.05) is 24.8 Å². The number of carbonyl (C=O) groups excluding carboxylic acids is 3. The van der Waals surface area contributed by atoms with Crippen LogP contribution in [-0.2, 0) is 19.1 Å². The van der Waals surface area contributed by atoms with E-state index in [0.29, 0.717) is 25.4 Å². The second-order valence-electron chi connectivity index (χ2n) is 5.67. The molecule has 0 radical (unpaired) electrons. The molecule has 1 aromatic carbocycles. The van der Waals surface area contributed by atoms with Gasteiger partial charge in [-0.2, -0.15) is 0 Å². The minimum atomic E-state index is -0.444. The van der Waals surface area contributed by atoms with Crippen molar-refractivity contribution < 1.29 is 23.9 Å². The average Bonchev–Trinajstić information content (AvgIpc) is 2.94. The summed E-state index contributed by atoms with van der Waals surface area (Å²) in [7, 11) is 0. The zero-order valence-electron chi connectivity index (χ0n) is 13.4. The molecule has 1 N–H and O–H groups in total. The molecule has 0 aromatic heterocycles. The summed E-state index contributed by atoms with van der Waals surface area (Å²) >= 11 is 0. The molecule has 0 spiro atoms. The SMILES string of the molecule is CC(=O)NC[C@@H]1CN(c2ccc(N3CCOCC3=O)cc2)C(=O)O1. The first-order valence-electron chi connectivity index (χ1n) is 7.75. The molecule has 8 heteroatoms. The number of carbonyl (C=O) groups is 3. The number of rotatable bonds is 4. The summed E-state index contributed by atoms with van der Waals surface area (Å²) in [5.74, 6) is -0.242. The molecule has 2 heterocycles. The van der Waals surface area contributed by atoms with Crippen molar-refractivity contribution in [2.24, 2.45) is 0 Å². The summed E-state index contributed by atoms with van der Waals surface area (Å²) < 4.78 is 10.3. The Balaban J connectivity index is 1.66. The Kier molecular flexibility index (Phi) is 4.66. The predicted octanol–water partition coefficient (Wildman–Crippen LogP) is 0.511. The predicted molar refractivity (Wildman–Crippen MR) is 85.9 cm³/mol. The van der Waals surface area contributed by atoms with Crippen molar-refractivity contribution in [2.75, 3.05) is 42.6 Å². The number of anilines is 2. The molecular weight excluding hydrogens is 314 g/mol. The van der Waals surface area contributed by atoms with E-state index < -0.39 is 6.09 Å². The van der Waals surface area contributed by atoms with E-state index in [1.807, 2.05) is 0 Å². The second-order valence-corrected chi connectivity index (χ2v) is 5.67. The standard InChI is InChI=1S/C16H19N3O5/c1-11(20)17-8-14-9-19(16(22)24-14)13-4-2-12(3-5-13)18-6-7-23-10-15(18)21/h2-5,14H,6-10H2,1H3,(H,17,20)/t14-/m1/s1. The number of morpholine rings is 1. The Bertz CT molecular complexity index is 646. The zero-order chi connectivity index (χ0) is 17.1. The molecule has 2 aliphatic heterocycles. The van der Waals surface area contributed by atoms with Crippen LogP contribution in [0.4, 0.5) is 16.2 Å². The van der Waals surface area contributed by atoms with Crippen molar-refractivity contribution in [1.29, 1.82) is 0 Å². The van der Waals surface area contributed by atoms with Crippen molar-refractivity contribution in [2.45, 2.75) is 13.0 Å². The molecule has 0 unspecified atom stereocenters. The molecule has 2 saturated heterocycles. The highest BCUT2D eigenvalue weighted by molar-refractivity contribution is 5.95. The maximum atomic E-state index is 12.0. The monoisotopic (exact) mass is 333 g/mol. The Labute approximate surface area is 139 Å². The number of benzene rings is 1. The van der Waals surface area contributed by atoms with E-state index in [1.54, 1.807) is 29.2 Å². The van der Waals surface area contributed by atoms with Gasteiger partial charge >= 0.3 is 6.09 Å². The maximum Gasteiger partial charge on any atom is 0.414 e. The second kappa shape index (κ2) is 6.88. The topological polar surface area (TPSA) is 88.2 Å². The fourth-order valence-electron chi connectivity index (χ4n) is 2.70. The molecule has 3 rings (SSSR count). The third-order valence-corrected chi connectivity index (χ3v) is 3.91. The van der Waals surface area contributed by atoms with E-state index in [2.05, 4.69) is 5.32 Å². The van der Waals surface area contributed by atoms with Crippen LogP contribution in [0, 0.1) is 0 Å². The first kappa shape index (κ1) is 16.3. The third kappa shape index (κ3) is 3.48. The zero-order valence-corrected chi connectivity index (χ0v) is 13.4. The summed E-state index contributed by atoms with van der Waals surface area (Å²) in [4.78, 5) is 37.9. The molecule has 0 saturated carbocycles. The Hall–Kier alpha value is -2.61. The van der Waals surface area contributed by atoms with Crippen LogP contribution in [0.25, 0.3) is 0 Å². The van der Waals surface area contributed by atoms with Gasteiger partial charge in [-0.1, -0.05) is 0 Å². The van der Waals surface area contributed by atoms with Gasteiger partial charge < -0.3 is 19.7 Å². The summed E-state index contributed by atoms with van der Waals surface area (Å²) in [6.07, 6.45) is -0.817. The average molecular weight is 333 g/mol. The molecule has 0 bridgehead atoms. The maximum absolute atomic E-state index is 12.0. The number of hydrogen-bond acceptors (Lipinski definition) is 5. The number of amides is 3. The van der Waals surface area contributed by atoms with Gasteiger partial charge in [0.15, 0.2) is 0 Å². The first-order valence-corrected chi connectivity index (χ1v) is 7.75. The third-order valence-electron chi connectivity index (χ3n) is 3.91. The van der Waals surface area contributed by atoms with Gasteiger partial charge in [0.05, 0.1) is 19.7 Å². The van der Waals surface area contributed by atoms with Crippen LogP contribution in [0.3, 0.4) is 0 Å². The molecule has 24 heavy (non-hydrogen) atoms. The Morgan fingerprint density at radius 3 is 2.50 bits per heavy atom. The van der Waals surface area contributed by atoms with Crippen molar-refractivity contribution >= 4 is 29.3 Å². The van der Waals surface area contributed by atoms with Crippen LogP contribution in [0.15, 0.2) is 24.3 Å². The molecular formula is C16H19N3O5. The lowest BCUT2D eigenvalue weighted by atomic mass is 10.2. The number of nitrogens with zero attached hydrogens (tertiary/aromatic N) is 2. The summed E-state index contributed by atoms with van der Waals surface area (Å²) in [6, 6.07) is 7.15. The molecule has 2 fully saturated rings. The molecule has 3 amide bonds. The quantitative estimate of drug-likeness (QED) is 0.867. The molecule has 128 valence electrons. The number of hydrogen-bond donors (Lipinski definition) is 1. The Morgan fingerprint density at radius 2 is 1.88 bits per heavy atom. The lowest BCUT2D eigenvalue weighted by Crippen LogP contribution is -2.41. The van der Waals surface area contributed by atoms with Gasteiger partial charge in [0.2, 0.25) is 5.91 Å². The summed E-state index contributed by atoms with van der Waals surface area (Å²) in [5, 5.41) is 2.64. The lowest BCUT2D eigenvalue weighted by Gasteiger charge is -2.27. The molecule has 1 atom stereocenters. The summed E-state index contributed by atoms with van der Waals surface area (Å²) in [6.45, 7) is 3.19. The Morgan fingerprint density at radius 1 is 1.21 bits per heavy atom. The minimum absolute atomic E-state index is 0.0787. The van der Waals surface area contributed by atoms with Crippen molar-refractivity contribution in [3.8, 4) is 0 Å². The molecule has 8 nitrogen and oxygen atoms in total. The van der Waals surface area contributed by atoms with Gasteiger partial charge in [-0.15, -0.1) is 0 Å². The fourth-order valence-corrected chi connectivity index (χ4v) is 2.70. The van der Waals surface area contributed by atoms with Gasteiger partial charge in [0.1, 0.15) is 12.7 Å². The highest BCUT2D eigenvalue weighted by Gasteiger charge is 2.32. The molecule has 2 aliphatic rings. The van der Waals surface area contributed by atoms with Gasteiger partial charge in [-0.25, -0.2) is 4.79 Å². The minimum Gasteiger partial charge on any atom is -0.442 e. The van der Waals surface area contributed by atoms with E-state index >= 15 is 0 Å². The van der Waals surface area contributed by atoms with Crippen molar-refractivity contribution in [1.82, 2.24) is 5.32 Å². The fraction of sp³-hybridized carbons (Fsp3) is 0.438. The van der Waals surface area contributed by atoms with Crippen molar-refractivity contribution in [3.63, 3.8) is 0 Å². The van der Waals surface area contributed by atoms with E-state index in [1.165, 1.54) is 11.8 Å². The largest absolute Gasteiger partial charge is 0.442 e. The summed E-state index contributed by atoms with van der Waals surface area (Å²) in [5.41, 5.74) is 1.46. The number of ether oxygens (including phenoxy) is 2. The number of nitrogens with one attached hydrogen (secondary N) is 1. The van der Waals surface area contributed by atoms with Crippen LogP contribution < -0.4 is 15.1 Å². The number of cyclic esters (lactones) is 1. The van der Waals surface area contributed by atoms with E-state index in [0.717, 1.165) is 5.69 Å². The van der Waals surface area contributed by atoms with Crippen LogP contribution in [0.2, 0.25) is 0 Å². The van der Waals surface area contributed by atoms with E-state index in [9.17, 15) is 14.4 Å². The van der Waals surface area contributed by atoms with E-state index in [-0.39, 0.29) is 31.1 Å². The van der Waals surface area contributed by atoms with Gasteiger partial charge in [0.25, 0.3) is 5.91 Å². The van der Waals surface area contributed by atoms with Crippen LogP contribution >= 0.6 is 0 Å². The highest BCUT2D eigenvalue weighted by atomic mass is 16.6. The normalized spacial score (nSPS) is 21.0. The molecule has 1 aromatic rings. The van der Waals surface area contributed by atoms with Crippen molar-refractivity contribution in [3.05, 3.63) is 24.3 Å². The lowest BCUT2D eigenvalue weighted by molar-refractivity contribution is -0.125. The van der Waals surface area contributed by atoms with Crippen LogP contribution in [0.1, 0.15) is 6.92 Å².